The van der Waals surface area contributed by atoms with Crippen LogP contribution < -0.4 is 4.74 Å². The molecule has 0 N–H and O–H groups in total. The normalized spacial score (nSPS) is 14.7. The molecular weight excluding hydrogens is 210 g/mol. The van der Waals surface area contributed by atoms with Crippen LogP contribution in [0.3, 0.4) is 0 Å². The average Bonchev–Trinajstić information content (AvgIpc) is 3.01. The summed E-state index contributed by atoms with van der Waals surface area (Å²) in [5.74, 6) is 1.45. The third kappa shape index (κ3) is 2.87. The zero-order chi connectivity index (χ0) is 10.7. The summed E-state index contributed by atoms with van der Waals surface area (Å²) in [6.07, 6.45) is 2.93. The van der Waals surface area contributed by atoms with E-state index in [1.54, 1.807) is 6.07 Å². The van der Waals surface area contributed by atoms with E-state index in [9.17, 15) is 0 Å². The van der Waals surface area contributed by atoms with E-state index in [1.807, 2.05) is 12.1 Å². The Morgan fingerprint density at radius 2 is 2.27 bits per heavy atom. The molecule has 0 heterocycles. The van der Waals surface area contributed by atoms with Gasteiger partial charge in [-0.2, -0.15) is 5.26 Å². The summed E-state index contributed by atoms with van der Waals surface area (Å²) in [4.78, 5) is 0. The fourth-order valence-electron chi connectivity index (χ4n) is 1.35. The van der Waals surface area contributed by atoms with Crippen LogP contribution in [-0.2, 0) is 6.42 Å². The van der Waals surface area contributed by atoms with Crippen molar-refractivity contribution in [2.45, 2.75) is 19.3 Å². The average molecular weight is 222 g/mol. The predicted octanol–water partition coefficient (Wildman–Crippen LogP) is 3.19. The second-order valence-electron chi connectivity index (χ2n) is 3.85. The third-order valence-corrected chi connectivity index (χ3v) is 2.75. The minimum absolute atomic E-state index is 0.391. The molecule has 0 spiro atoms. The molecule has 0 unspecified atom stereocenters. The first-order valence-electron chi connectivity index (χ1n) is 5.08. The largest absolute Gasteiger partial charge is 0.492 e. The van der Waals surface area contributed by atoms with Gasteiger partial charge >= 0.3 is 0 Å². The van der Waals surface area contributed by atoms with Gasteiger partial charge in [0.25, 0.3) is 0 Å². The van der Waals surface area contributed by atoms with E-state index in [-0.39, 0.29) is 0 Å². The Morgan fingerprint density at radius 1 is 1.47 bits per heavy atom. The maximum atomic E-state index is 8.54. The molecule has 3 heteroatoms. The van der Waals surface area contributed by atoms with Gasteiger partial charge in [0.15, 0.2) is 0 Å². The Hall–Kier alpha value is -1.20. The van der Waals surface area contributed by atoms with Gasteiger partial charge in [0.05, 0.1) is 24.1 Å². The van der Waals surface area contributed by atoms with Crippen molar-refractivity contribution >= 4 is 11.6 Å². The minimum atomic E-state index is 0.391. The molecule has 0 radical (unpaired) electrons. The zero-order valence-electron chi connectivity index (χ0n) is 8.37. The van der Waals surface area contributed by atoms with Crippen molar-refractivity contribution < 1.29 is 4.74 Å². The van der Waals surface area contributed by atoms with Gasteiger partial charge < -0.3 is 4.74 Å². The maximum absolute atomic E-state index is 8.54. The van der Waals surface area contributed by atoms with Crippen LogP contribution in [0.25, 0.3) is 0 Å². The lowest BCUT2D eigenvalue weighted by Crippen LogP contribution is -1.99. The highest BCUT2D eigenvalue weighted by Gasteiger charge is 2.22. The van der Waals surface area contributed by atoms with Gasteiger partial charge in [-0.05, 0) is 36.5 Å². The minimum Gasteiger partial charge on any atom is -0.492 e. The van der Waals surface area contributed by atoms with Crippen molar-refractivity contribution in [3.8, 4) is 11.8 Å². The Labute approximate surface area is 94.4 Å². The van der Waals surface area contributed by atoms with Crippen LogP contribution in [0.15, 0.2) is 18.2 Å². The smallest absolute Gasteiger partial charge is 0.137 e. The highest BCUT2D eigenvalue weighted by atomic mass is 35.5. The maximum Gasteiger partial charge on any atom is 0.137 e. The molecule has 1 saturated carbocycles. The predicted molar refractivity (Wildman–Crippen MR) is 59.0 cm³/mol. The summed E-state index contributed by atoms with van der Waals surface area (Å²) >= 11 is 6.03. The van der Waals surface area contributed by atoms with Crippen molar-refractivity contribution in [3.63, 3.8) is 0 Å². The van der Waals surface area contributed by atoms with Crippen molar-refractivity contribution in [2.24, 2.45) is 5.92 Å². The van der Waals surface area contributed by atoms with E-state index in [4.69, 9.17) is 21.6 Å². The number of hydrogen-bond acceptors (Lipinski definition) is 2. The molecule has 2 rings (SSSR count). The Kier molecular flexibility index (Phi) is 3.13. The van der Waals surface area contributed by atoms with Gasteiger partial charge in [0, 0.05) is 0 Å². The number of hydrogen-bond donors (Lipinski definition) is 0. The molecular formula is C12H12ClNO. The number of nitrogens with zero attached hydrogens (tertiary/aromatic N) is 1. The first-order valence-corrected chi connectivity index (χ1v) is 5.45. The summed E-state index contributed by atoms with van der Waals surface area (Å²) in [6.45, 7) is 0.761. The van der Waals surface area contributed by atoms with Crippen LogP contribution in [0.1, 0.15) is 18.4 Å². The van der Waals surface area contributed by atoms with E-state index in [0.29, 0.717) is 11.4 Å². The van der Waals surface area contributed by atoms with Crippen LogP contribution in [-0.4, -0.2) is 6.61 Å². The molecule has 0 aliphatic heterocycles. The van der Waals surface area contributed by atoms with Gasteiger partial charge in [-0.25, -0.2) is 0 Å². The summed E-state index contributed by atoms with van der Waals surface area (Å²) < 4.78 is 5.58. The van der Waals surface area contributed by atoms with Crippen LogP contribution in [0.2, 0.25) is 5.02 Å². The SMILES string of the molecule is N#CCc1ccc(OCC2CC2)c(Cl)c1. The summed E-state index contributed by atoms with van der Waals surface area (Å²) in [6, 6.07) is 7.62. The molecule has 0 saturated heterocycles. The van der Waals surface area contributed by atoms with Crippen LogP contribution in [0.5, 0.6) is 5.75 Å². The lowest BCUT2D eigenvalue weighted by atomic mass is 10.1. The number of rotatable bonds is 4. The Balaban J connectivity index is 2.01. The quantitative estimate of drug-likeness (QED) is 0.782. The topological polar surface area (TPSA) is 33.0 Å². The molecule has 1 aromatic carbocycles. The molecule has 1 aliphatic rings. The molecule has 0 aromatic heterocycles. The monoisotopic (exact) mass is 221 g/mol. The van der Waals surface area contributed by atoms with Crippen LogP contribution in [0.4, 0.5) is 0 Å². The second-order valence-corrected chi connectivity index (χ2v) is 4.26. The van der Waals surface area contributed by atoms with Gasteiger partial charge in [-0.1, -0.05) is 17.7 Å². The lowest BCUT2D eigenvalue weighted by Gasteiger charge is -2.07. The van der Waals surface area contributed by atoms with E-state index in [1.165, 1.54) is 12.8 Å². The Morgan fingerprint density at radius 3 is 2.87 bits per heavy atom. The number of nitriles is 1. The van der Waals surface area contributed by atoms with Crippen molar-refractivity contribution in [1.82, 2.24) is 0 Å². The fourth-order valence-corrected chi connectivity index (χ4v) is 1.61. The standard InChI is InChI=1S/C12H12ClNO/c13-11-7-9(5-6-14)3-4-12(11)15-8-10-1-2-10/h3-4,7,10H,1-2,5,8H2. The number of benzene rings is 1. The summed E-state index contributed by atoms with van der Waals surface area (Å²) in [5, 5.41) is 9.14. The zero-order valence-corrected chi connectivity index (χ0v) is 9.13. The van der Waals surface area contributed by atoms with Gasteiger partial charge in [0.1, 0.15) is 5.75 Å². The first kappa shape index (κ1) is 10.3. The number of halogens is 1. The molecule has 0 amide bonds. The van der Waals surface area contributed by atoms with Gasteiger partial charge in [-0.3, -0.25) is 0 Å². The third-order valence-electron chi connectivity index (χ3n) is 2.45. The summed E-state index contributed by atoms with van der Waals surface area (Å²) in [5.41, 5.74) is 0.932. The second kappa shape index (κ2) is 4.55. The molecule has 0 atom stereocenters. The number of ether oxygens (including phenoxy) is 1. The molecule has 15 heavy (non-hydrogen) atoms. The van der Waals surface area contributed by atoms with E-state index in [0.717, 1.165) is 23.8 Å². The highest BCUT2D eigenvalue weighted by Crippen LogP contribution is 2.32. The lowest BCUT2D eigenvalue weighted by molar-refractivity contribution is 0.300. The van der Waals surface area contributed by atoms with Crippen molar-refractivity contribution in [3.05, 3.63) is 28.8 Å². The van der Waals surface area contributed by atoms with Gasteiger partial charge in [0.2, 0.25) is 0 Å². The van der Waals surface area contributed by atoms with E-state index in [2.05, 4.69) is 6.07 Å². The molecule has 1 fully saturated rings. The van der Waals surface area contributed by atoms with E-state index >= 15 is 0 Å². The molecule has 2 nitrogen and oxygen atoms in total. The van der Waals surface area contributed by atoms with Crippen molar-refractivity contribution in [2.75, 3.05) is 6.61 Å². The molecule has 78 valence electrons. The molecule has 1 aromatic rings. The fraction of sp³-hybridized carbons (Fsp3) is 0.417. The first-order chi connectivity index (χ1) is 7.29. The van der Waals surface area contributed by atoms with E-state index < -0.39 is 0 Å². The molecule has 1 aliphatic carbocycles. The van der Waals surface area contributed by atoms with Crippen molar-refractivity contribution in [1.29, 1.82) is 5.26 Å². The van der Waals surface area contributed by atoms with Gasteiger partial charge in [-0.15, -0.1) is 0 Å². The van der Waals surface area contributed by atoms with Crippen LogP contribution in [0, 0.1) is 17.2 Å². The Bertz CT molecular complexity index is 393. The summed E-state index contributed by atoms with van der Waals surface area (Å²) in [7, 11) is 0. The highest BCUT2D eigenvalue weighted by molar-refractivity contribution is 6.32. The molecule has 0 bridgehead atoms. The van der Waals surface area contributed by atoms with Crippen LogP contribution >= 0.6 is 11.6 Å².